The first-order valence-corrected chi connectivity index (χ1v) is 7.56. The van der Waals surface area contributed by atoms with E-state index in [2.05, 4.69) is 15.5 Å². The number of nitrogens with two attached hydrogens (primary N) is 1. The van der Waals surface area contributed by atoms with Gasteiger partial charge in [0.1, 0.15) is 4.90 Å². The molecule has 120 valence electrons. The molecule has 0 saturated heterocycles. The summed E-state index contributed by atoms with van der Waals surface area (Å²) in [4.78, 5) is 11.3. The van der Waals surface area contributed by atoms with Crippen LogP contribution in [0.4, 0.5) is 13.2 Å². The van der Waals surface area contributed by atoms with Crippen molar-refractivity contribution in [1.29, 1.82) is 0 Å². The fourth-order valence-corrected chi connectivity index (χ4v) is 2.58. The first-order valence-electron chi connectivity index (χ1n) is 6.01. The standard InChI is InChI=1S/C10H15F3N4O3S/c1-2-6-8(21(14,19)20)7(17-16-6)9(18)15-5-3-4-10(11,12)13/h2-5H2,1H3,(H,15,18)(H,16,17)(H2,14,19,20). The Morgan fingerprint density at radius 2 is 2.05 bits per heavy atom. The van der Waals surface area contributed by atoms with Gasteiger partial charge in [0.05, 0.1) is 5.69 Å². The Hall–Kier alpha value is -1.62. The van der Waals surface area contributed by atoms with Gasteiger partial charge in [-0.25, -0.2) is 13.6 Å². The molecule has 21 heavy (non-hydrogen) atoms. The number of aromatic amines is 1. The van der Waals surface area contributed by atoms with E-state index in [1.807, 2.05) is 0 Å². The third-order valence-electron chi connectivity index (χ3n) is 2.57. The Bertz CT molecular complexity index is 610. The normalized spacial score (nSPS) is 12.4. The second-order valence-electron chi connectivity index (χ2n) is 4.25. The molecule has 0 radical (unpaired) electrons. The summed E-state index contributed by atoms with van der Waals surface area (Å²) < 4.78 is 58.7. The van der Waals surface area contributed by atoms with Gasteiger partial charge in [0.25, 0.3) is 5.91 Å². The first kappa shape index (κ1) is 17.4. The fraction of sp³-hybridized carbons (Fsp3) is 0.600. The molecule has 0 fully saturated rings. The van der Waals surface area contributed by atoms with Crippen LogP contribution in [0, 0.1) is 0 Å². The SMILES string of the molecule is CCc1[nH]nc(C(=O)NCCCC(F)(F)F)c1S(N)(=O)=O. The third-order valence-corrected chi connectivity index (χ3v) is 3.58. The van der Waals surface area contributed by atoms with Crippen LogP contribution in [0.3, 0.4) is 0 Å². The molecule has 0 spiro atoms. The molecule has 0 aliphatic rings. The highest BCUT2D eigenvalue weighted by Gasteiger charge is 2.28. The quantitative estimate of drug-likeness (QED) is 0.666. The number of rotatable bonds is 6. The van der Waals surface area contributed by atoms with Gasteiger partial charge >= 0.3 is 6.18 Å². The van der Waals surface area contributed by atoms with Crippen LogP contribution in [-0.2, 0) is 16.4 Å². The van der Waals surface area contributed by atoms with Crippen LogP contribution in [0.2, 0.25) is 0 Å². The average Bonchev–Trinajstić information content (AvgIpc) is 2.76. The molecule has 1 aromatic heterocycles. The molecule has 0 atom stereocenters. The van der Waals surface area contributed by atoms with Gasteiger partial charge < -0.3 is 5.32 Å². The Morgan fingerprint density at radius 1 is 1.43 bits per heavy atom. The van der Waals surface area contributed by atoms with E-state index >= 15 is 0 Å². The second-order valence-corrected chi connectivity index (χ2v) is 5.75. The van der Waals surface area contributed by atoms with Crippen molar-refractivity contribution in [2.24, 2.45) is 5.14 Å². The van der Waals surface area contributed by atoms with Gasteiger partial charge in [-0.1, -0.05) is 6.92 Å². The highest BCUT2D eigenvalue weighted by Crippen LogP contribution is 2.21. The molecule has 0 unspecified atom stereocenters. The zero-order valence-electron chi connectivity index (χ0n) is 11.1. The van der Waals surface area contributed by atoms with E-state index in [-0.39, 0.29) is 25.1 Å². The van der Waals surface area contributed by atoms with Crippen LogP contribution in [0.1, 0.15) is 35.9 Å². The van der Waals surface area contributed by atoms with Crippen molar-refractivity contribution < 1.29 is 26.4 Å². The zero-order valence-corrected chi connectivity index (χ0v) is 11.9. The van der Waals surface area contributed by atoms with Gasteiger partial charge in [0.2, 0.25) is 10.0 Å². The molecular formula is C10H15F3N4O3S. The summed E-state index contributed by atoms with van der Waals surface area (Å²) in [5, 5.41) is 13.1. The summed E-state index contributed by atoms with van der Waals surface area (Å²) in [5.41, 5.74) is -0.278. The number of aryl methyl sites for hydroxylation is 1. The number of alkyl halides is 3. The largest absolute Gasteiger partial charge is 0.389 e. The molecule has 7 nitrogen and oxygen atoms in total. The van der Waals surface area contributed by atoms with E-state index in [9.17, 15) is 26.4 Å². The van der Waals surface area contributed by atoms with Crippen molar-refractivity contribution in [1.82, 2.24) is 15.5 Å². The number of aromatic nitrogens is 2. The maximum atomic E-state index is 11.9. The summed E-state index contributed by atoms with van der Waals surface area (Å²) in [5.74, 6) is -0.892. The van der Waals surface area contributed by atoms with Gasteiger partial charge in [-0.2, -0.15) is 18.3 Å². The molecule has 11 heteroatoms. The van der Waals surface area contributed by atoms with E-state index in [1.165, 1.54) is 0 Å². The van der Waals surface area contributed by atoms with Crippen LogP contribution < -0.4 is 10.5 Å². The topological polar surface area (TPSA) is 118 Å². The molecule has 1 rings (SSSR count). The zero-order chi connectivity index (χ0) is 16.3. The van der Waals surface area contributed by atoms with Crippen molar-refractivity contribution in [2.45, 2.75) is 37.3 Å². The minimum atomic E-state index is -4.31. The molecule has 1 aromatic rings. The predicted molar refractivity (Wildman–Crippen MR) is 67.0 cm³/mol. The number of sulfonamides is 1. The van der Waals surface area contributed by atoms with Gasteiger partial charge in [-0.3, -0.25) is 9.89 Å². The highest BCUT2D eigenvalue weighted by atomic mass is 32.2. The number of nitrogens with zero attached hydrogens (tertiary/aromatic N) is 1. The van der Waals surface area contributed by atoms with Gasteiger partial charge in [-0.15, -0.1) is 0 Å². The lowest BCUT2D eigenvalue weighted by Crippen LogP contribution is -2.28. The minimum absolute atomic E-state index is 0.165. The number of nitrogens with one attached hydrogen (secondary N) is 2. The highest BCUT2D eigenvalue weighted by molar-refractivity contribution is 7.89. The van der Waals surface area contributed by atoms with Crippen molar-refractivity contribution in [2.75, 3.05) is 6.54 Å². The Morgan fingerprint density at radius 3 is 2.52 bits per heavy atom. The van der Waals surface area contributed by atoms with E-state index in [0.717, 1.165) is 0 Å². The maximum absolute atomic E-state index is 11.9. The molecule has 0 saturated carbocycles. The molecule has 1 heterocycles. The Kier molecular flexibility index (Phi) is 5.34. The van der Waals surface area contributed by atoms with Crippen molar-refractivity contribution >= 4 is 15.9 Å². The third kappa shape index (κ3) is 5.01. The monoisotopic (exact) mass is 328 g/mol. The van der Waals surface area contributed by atoms with Crippen LogP contribution in [0.15, 0.2) is 4.90 Å². The van der Waals surface area contributed by atoms with Crippen LogP contribution in [0.25, 0.3) is 0 Å². The fourth-order valence-electron chi connectivity index (χ4n) is 1.64. The molecule has 0 aromatic carbocycles. The molecule has 0 aliphatic carbocycles. The van der Waals surface area contributed by atoms with Crippen LogP contribution >= 0.6 is 0 Å². The number of carbonyl (C=O) groups is 1. The summed E-state index contributed by atoms with van der Waals surface area (Å²) in [6.45, 7) is 1.38. The number of primary sulfonamides is 1. The number of H-pyrrole nitrogens is 1. The molecule has 1 amide bonds. The maximum Gasteiger partial charge on any atom is 0.389 e. The lowest BCUT2D eigenvalue weighted by atomic mass is 10.2. The number of hydrogen-bond acceptors (Lipinski definition) is 4. The van der Waals surface area contributed by atoms with Crippen molar-refractivity contribution in [3.8, 4) is 0 Å². The second kappa shape index (κ2) is 6.43. The van der Waals surface area contributed by atoms with Gasteiger partial charge in [0.15, 0.2) is 5.69 Å². The van der Waals surface area contributed by atoms with E-state index in [1.54, 1.807) is 6.92 Å². The van der Waals surface area contributed by atoms with Crippen LogP contribution in [0.5, 0.6) is 0 Å². The number of halogens is 3. The minimum Gasteiger partial charge on any atom is -0.351 e. The average molecular weight is 328 g/mol. The first-order chi connectivity index (χ1) is 9.56. The van der Waals surface area contributed by atoms with Gasteiger partial charge in [-0.05, 0) is 12.8 Å². The molecular weight excluding hydrogens is 313 g/mol. The lowest BCUT2D eigenvalue weighted by Gasteiger charge is -2.07. The molecule has 4 N–H and O–H groups in total. The number of amides is 1. The van der Waals surface area contributed by atoms with E-state index in [0.29, 0.717) is 0 Å². The molecule has 0 aliphatic heterocycles. The lowest BCUT2D eigenvalue weighted by molar-refractivity contribution is -0.135. The predicted octanol–water partition coefficient (Wildman–Crippen LogP) is 0.692. The van der Waals surface area contributed by atoms with Crippen molar-refractivity contribution in [3.63, 3.8) is 0 Å². The van der Waals surface area contributed by atoms with Gasteiger partial charge in [0, 0.05) is 13.0 Å². The van der Waals surface area contributed by atoms with Crippen molar-refractivity contribution in [3.05, 3.63) is 11.4 Å². The number of carbonyl (C=O) groups excluding carboxylic acids is 1. The van der Waals surface area contributed by atoms with E-state index < -0.39 is 39.1 Å². The Labute approximate surface area is 119 Å². The number of hydrogen-bond donors (Lipinski definition) is 3. The summed E-state index contributed by atoms with van der Waals surface area (Å²) >= 11 is 0. The summed E-state index contributed by atoms with van der Waals surface area (Å²) in [6.07, 6.45) is -5.42. The van der Waals surface area contributed by atoms with E-state index in [4.69, 9.17) is 5.14 Å². The summed E-state index contributed by atoms with van der Waals surface area (Å²) in [7, 11) is -4.17. The summed E-state index contributed by atoms with van der Waals surface area (Å²) in [6, 6.07) is 0. The molecule has 0 bridgehead atoms. The Balaban J connectivity index is 2.78. The smallest absolute Gasteiger partial charge is 0.351 e. The van der Waals surface area contributed by atoms with Crippen LogP contribution in [-0.4, -0.2) is 37.2 Å².